The number of benzene rings is 1. The molecule has 0 fully saturated rings. The molecule has 1 N–H and O–H groups in total. The Morgan fingerprint density at radius 1 is 1.36 bits per heavy atom. The molecule has 0 spiro atoms. The topological polar surface area (TPSA) is 64.0 Å². The molecule has 0 atom stereocenters. The van der Waals surface area contributed by atoms with E-state index in [1.807, 2.05) is 20.9 Å². The van der Waals surface area contributed by atoms with Crippen LogP contribution < -0.4 is 5.32 Å². The monoisotopic (exact) mass is 297 g/mol. The number of aromatic nitrogens is 2. The lowest BCUT2D eigenvalue weighted by Crippen LogP contribution is -2.17. The average Bonchev–Trinajstić information content (AvgIpc) is 3.00. The van der Waals surface area contributed by atoms with Crippen LogP contribution in [0.1, 0.15) is 50.9 Å². The Hall–Kier alpha value is -2.43. The Kier molecular flexibility index (Phi) is 3.56. The molecule has 5 nitrogen and oxygen atoms in total. The summed E-state index contributed by atoms with van der Waals surface area (Å²) in [5.41, 5.74) is 4.10. The zero-order valence-electron chi connectivity index (χ0n) is 13.1. The fourth-order valence-electron chi connectivity index (χ4n) is 3.16. The van der Waals surface area contributed by atoms with E-state index < -0.39 is 0 Å². The summed E-state index contributed by atoms with van der Waals surface area (Å²) in [6, 6.07) is 5.35. The minimum atomic E-state index is -0.177. The van der Waals surface area contributed by atoms with Gasteiger partial charge in [0.25, 0.3) is 5.91 Å². The normalized spacial score (nSPS) is 13.3. The van der Waals surface area contributed by atoms with Crippen molar-refractivity contribution >= 4 is 17.5 Å². The number of anilines is 1. The molecule has 1 amide bonds. The summed E-state index contributed by atoms with van der Waals surface area (Å²) in [5, 5.41) is 7.32. The second-order valence-electron chi connectivity index (χ2n) is 5.60. The van der Waals surface area contributed by atoms with Gasteiger partial charge in [-0.3, -0.25) is 14.3 Å². The molecule has 5 heteroatoms. The Balaban J connectivity index is 1.96. The summed E-state index contributed by atoms with van der Waals surface area (Å²) in [6.07, 6.45) is 1.94. The minimum absolute atomic E-state index is 0.121. The molecule has 1 heterocycles. The standard InChI is InChI=1S/C17H19N3O2/c1-4-11-10(2)19-20(3)16(11)18-17(22)14-7-5-6-13-12(14)8-9-15(13)21/h5-7H,4,8-9H2,1-3H3,(H,18,22). The highest BCUT2D eigenvalue weighted by Gasteiger charge is 2.25. The molecule has 0 saturated heterocycles. The maximum Gasteiger partial charge on any atom is 0.257 e. The van der Waals surface area contributed by atoms with Gasteiger partial charge in [0.1, 0.15) is 5.82 Å². The lowest BCUT2D eigenvalue weighted by Gasteiger charge is -2.10. The fraction of sp³-hybridized carbons (Fsp3) is 0.353. The molecule has 0 bridgehead atoms. The maximum absolute atomic E-state index is 12.6. The van der Waals surface area contributed by atoms with Crippen LogP contribution in [0.2, 0.25) is 0 Å². The van der Waals surface area contributed by atoms with Gasteiger partial charge >= 0.3 is 0 Å². The molecular formula is C17H19N3O2. The van der Waals surface area contributed by atoms with E-state index in [-0.39, 0.29) is 11.7 Å². The molecule has 2 aromatic rings. The molecule has 1 aromatic carbocycles. The fourth-order valence-corrected chi connectivity index (χ4v) is 3.16. The van der Waals surface area contributed by atoms with E-state index in [1.54, 1.807) is 22.9 Å². The van der Waals surface area contributed by atoms with Gasteiger partial charge in [-0.15, -0.1) is 0 Å². The highest BCUT2D eigenvalue weighted by molar-refractivity contribution is 6.09. The van der Waals surface area contributed by atoms with Crippen molar-refractivity contribution in [1.29, 1.82) is 0 Å². The molecule has 0 saturated carbocycles. The summed E-state index contributed by atoms with van der Waals surface area (Å²) in [7, 11) is 1.82. The van der Waals surface area contributed by atoms with Crippen LogP contribution in [-0.2, 0) is 19.9 Å². The first-order valence-corrected chi connectivity index (χ1v) is 7.51. The van der Waals surface area contributed by atoms with Crippen molar-refractivity contribution in [1.82, 2.24) is 9.78 Å². The van der Waals surface area contributed by atoms with Crippen molar-refractivity contribution in [2.24, 2.45) is 7.05 Å². The van der Waals surface area contributed by atoms with Crippen molar-refractivity contribution < 1.29 is 9.59 Å². The number of aryl methyl sites for hydroxylation is 2. The summed E-state index contributed by atoms with van der Waals surface area (Å²) in [5.74, 6) is 0.673. The third kappa shape index (κ3) is 2.22. The van der Waals surface area contributed by atoms with Gasteiger partial charge in [0, 0.05) is 30.2 Å². The van der Waals surface area contributed by atoms with Gasteiger partial charge in [0.2, 0.25) is 0 Å². The van der Waals surface area contributed by atoms with Crippen molar-refractivity contribution in [2.75, 3.05) is 5.32 Å². The average molecular weight is 297 g/mol. The number of hydrogen-bond donors (Lipinski definition) is 1. The van der Waals surface area contributed by atoms with E-state index in [4.69, 9.17) is 0 Å². The maximum atomic E-state index is 12.6. The van der Waals surface area contributed by atoms with Crippen molar-refractivity contribution in [3.05, 3.63) is 46.1 Å². The number of carbonyl (C=O) groups is 2. The quantitative estimate of drug-likeness (QED) is 0.947. The first kappa shape index (κ1) is 14.5. The number of nitrogens with one attached hydrogen (secondary N) is 1. The van der Waals surface area contributed by atoms with E-state index in [0.717, 1.165) is 29.1 Å². The van der Waals surface area contributed by atoms with E-state index in [9.17, 15) is 9.59 Å². The Bertz CT molecular complexity index is 774. The van der Waals surface area contributed by atoms with Crippen LogP contribution >= 0.6 is 0 Å². The largest absolute Gasteiger partial charge is 0.307 e. The first-order valence-electron chi connectivity index (χ1n) is 7.51. The van der Waals surface area contributed by atoms with Crippen LogP contribution in [-0.4, -0.2) is 21.5 Å². The second-order valence-corrected chi connectivity index (χ2v) is 5.60. The van der Waals surface area contributed by atoms with Gasteiger partial charge < -0.3 is 5.32 Å². The summed E-state index contributed by atoms with van der Waals surface area (Å²) >= 11 is 0. The zero-order valence-corrected chi connectivity index (χ0v) is 13.1. The number of ketones is 1. The molecule has 1 aliphatic rings. The minimum Gasteiger partial charge on any atom is -0.307 e. The van der Waals surface area contributed by atoms with Crippen LogP contribution in [0.3, 0.4) is 0 Å². The highest BCUT2D eigenvalue weighted by Crippen LogP contribution is 2.27. The predicted octanol–water partition coefficient (Wildman–Crippen LogP) is 2.67. The van der Waals surface area contributed by atoms with Crippen molar-refractivity contribution in [2.45, 2.75) is 33.1 Å². The number of fused-ring (bicyclic) bond motifs is 1. The van der Waals surface area contributed by atoms with Crippen LogP contribution in [0.5, 0.6) is 0 Å². The summed E-state index contributed by atoms with van der Waals surface area (Å²) in [6.45, 7) is 3.98. The van der Waals surface area contributed by atoms with Crippen LogP contribution in [0.4, 0.5) is 5.82 Å². The molecule has 114 valence electrons. The van der Waals surface area contributed by atoms with E-state index >= 15 is 0 Å². The van der Waals surface area contributed by atoms with Gasteiger partial charge in [0.05, 0.1) is 5.69 Å². The Labute approximate surface area is 129 Å². The van der Waals surface area contributed by atoms with Gasteiger partial charge in [-0.1, -0.05) is 19.1 Å². The molecule has 3 rings (SSSR count). The van der Waals surface area contributed by atoms with E-state index in [2.05, 4.69) is 10.4 Å². The number of Topliss-reactive ketones (excluding diaryl/α,β-unsaturated/α-hetero) is 1. The van der Waals surface area contributed by atoms with Crippen LogP contribution in [0.15, 0.2) is 18.2 Å². The Morgan fingerprint density at radius 3 is 2.86 bits per heavy atom. The molecule has 22 heavy (non-hydrogen) atoms. The lowest BCUT2D eigenvalue weighted by molar-refractivity contribution is 0.0993. The van der Waals surface area contributed by atoms with E-state index in [0.29, 0.717) is 24.0 Å². The van der Waals surface area contributed by atoms with Gasteiger partial charge in [-0.05, 0) is 31.4 Å². The number of carbonyl (C=O) groups excluding carboxylic acids is 2. The predicted molar refractivity (Wildman–Crippen MR) is 84.4 cm³/mol. The van der Waals surface area contributed by atoms with Crippen molar-refractivity contribution in [3.63, 3.8) is 0 Å². The third-order valence-electron chi connectivity index (χ3n) is 4.25. The summed E-state index contributed by atoms with van der Waals surface area (Å²) in [4.78, 5) is 24.5. The third-order valence-corrected chi connectivity index (χ3v) is 4.25. The Morgan fingerprint density at radius 2 is 2.14 bits per heavy atom. The molecule has 1 aliphatic carbocycles. The van der Waals surface area contributed by atoms with Crippen molar-refractivity contribution in [3.8, 4) is 0 Å². The number of hydrogen-bond acceptors (Lipinski definition) is 3. The number of amides is 1. The van der Waals surface area contributed by atoms with Crippen LogP contribution in [0, 0.1) is 6.92 Å². The SMILES string of the molecule is CCc1c(C)nn(C)c1NC(=O)c1cccc2c1CCC2=O. The van der Waals surface area contributed by atoms with E-state index in [1.165, 1.54) is 0 Å². The van der Waals surface area contributed by atoms with Gasteiger partial charge in [-0.25, -0.2) is 0 Å². The second kappa shape index (κ2) is 5.40. The smallest absolute Gasteiger partial charge is 0.257 e. The molecule has 0 unspecified atom stereocenters. The van der Waals surface area contributed by atoms with Gasteiger partial charge in [0.15, 0.2) is 5.78 Å². The highest BCUT2D eigenvalue weighted by atomic mass is 16.2. The van der Waals surface area contributed by atoms with Crippen LogP contribution in [0.25, 0.3) is 0 Å². The lowest BCUT2D eigenvalue weighted by atomic mass is 10.0. The first-order chi connectivity index (χ1) is 10.5. The molecule has 0 radical (unpaired) electrons. The summed E-state index contributed by atoms with van der Waals surface area (Å²) < 4.78 is 1.69. The molecular weight excluding hydrogens is 278 g/mol. The number of rotatable bonds is 3. The zero-order chi connectivity index (χ0) is 15.9. The number of nitrogens with zero attached hydrogens (tertiary/aromatic N) is 2. The van der Waals surface area contributed by atoms with Gasteiger partial charge in [-0.2, -0.15) is 5.10 Å². The molecule has 1 aromatic heterocycles. The molecule has 0 aliphatic heterocycles.